The fraction of sp³-hybridized carbons (Fsp3) is 0.750. The first-order valence-electron chi connectivity index (χ1n) is 8.08. The lowest BCUT2D eigenvalue weighted by Crippen LogP contribution is -2.23. The lowest BCUT2D eigenvalue weighted by molar-refractivity contribution is 0.219. The standard InChI is InChI=1S/C16H30NO4P/c1-7-17(8-2)11-15-13(5)21-14(6)16(15)12-22(18,19-9-3)20-10-4/h7-12H2,1-6H3. The van der Waals surface area contributed by atoms with Crippen molar-refractivity contribution in [3.05, 3.63) is 22.6 Å². The molecule has 22 heavy (non-hydrogen) atoms. The minimum absolute atomic E-state index is 0.272. The summed E-state index contributed by atoms with van der Waals surface area (Å²) in [5.41, 5.74) is 2.08. The van der Waals surface area contributed by atoms with E-state index in [0.29, 0.717) is 13.2 Å². The number of rotatable bonds is 10. The molecule has 0 aliphatic heterocycles. The fourth-order valence-corrected chi connectivity index (χ4v) is 4.42. The lowest BCUT2D eigenvalue weighted by atomic mass is 10.1. The topological polar surface area (TPSA) is 51.9 Å². The third-order valence-electron chi connectivity index (χ3n) is 3.80. The Hall–Kier alpha value is -0.610. The van der Waals surface area contributed by atoms with Crippen LogP contribution < -0.4 is 0 Å². The average molecular weight is 331 g/mol. The van der Waals surface area contributed by atoms with Crippen molar-refractivity contribution in [3.8, 4) is 0 Å². The molecular formula is C16H30NO4P. The van der Waals surface area contributed by atoms with Gasteiger partial charge in [-0.1, -0.05) is 13.8 Å². The van der Waals surface area contributed by atoms with Crippen LogP contribution in [-0.2, 0) is 26.3 Å². The predicted molar refractivity (Wildman–Crippen MR) is 89.4 cm³/mol. The Morgan fingerprint density at radius 1 is 0.955 bits per heavy atom. The lowest BCUT2D eigenvalue weighted by Gasteiger charge is -2.20. The van der Waals surface area contributed by atoms with E-state index >= 15 is 0 Å². The highest BCUT2D eigenvalue weighted by Gasteiger charge is 2.29. The van der Waals surface area contributed by atoms with Gasteiger partial charge in [-0.3, -0.25) is 9.46 Å². The summed E-state index contributed by atoms with van der Waals surface area (Å²) >= 11 is 0. The summed E-state index contributed by atoms with van der Waals surface area (Å²) in [7, 11) is -3.12. The number of hydrogen-bond donors (Lipinski definition) is 0. The van der Waals surface area contributed by atoms with Gasteiger partial charge in [-0.2, -0.15) is 0 Å². The molecule has 128 valence electrons. The number of nitrogens with zero attached hydrogens (tertiary/aromatic N) is 1. The Balaban J connectivity index is 3.09. The Labute approximate surface area is 134 Å². The fourth-order valence-electron chi connectivity index (χ4n) is 2.58. The van der Waals surface area contributed by atoms with Crippen LogP contribution in [0.5, 0.6) is 0 Å². The molecule has 0 spiro atoms. The van der Waals surface area contributed by atoms with Crippen molar-refractivity contribution in [1.82, 2.24) is 4.90 Å². The zero-order chi connectivity index (χ0) is 16.8. The smallest absolute Gasteiger partial charge is 0.335 e. The highest BCUT2D eigenvalue weighted by Crippen LogP contribution is 2.52. The molecule has 0 amide bonds. The first kappa shape index (κ1) is 19.4. The average Bonchev–Trinajstić information content (AvgIpc) is 2.71. The normalized spacial score (nSPS) is 12.3. The molecule has 0 aliphatic rings. The molecule has 0 bridgehead atoms. The van der Waals surface area contributed by atoms with Gasteiger partial charge < -0.3 is 13.5 Å². The molecule has 0 aromatic carbocycles. The van der Waals surface area contributed by atoms with Crippen LogP contribution in [0.4, 0.5) is 0 Å². The molecule has 0 saturated carbocycles. The molecule has 5 nitrogen and oxygen atoms in total. The monoisotopic (exact) mass is 331 g/mol. The van der Waals surface area contributed by atoms with Gasteiger partial charge in [0, 0.05) is 17.7 Å². The van der Waals surface area contributed by atoms with Crippen molar-refractivity contribution >= 4 is 7.60 Å². The van der Waals surface area contributed by atoms with Crippen molar-refractivity contribution in [3.63, 3.8) is 0 Å². The zero-order valence-corrected chi connectivity index (χ0v) is 15.7. The molecule has 1 aromatic rings. The first-order chi connectivity index (χ1) is 10.4. The van der Waals surface area contributed by atoms with E-state index in [9.17, 15) is 4.57 Å². The zero-order valence-electron chi connectivity index (χ0n) is 14.8. The minimum atomic E-state index is -3.12. The molecule has 1 heterocycles. The van der Waals surface area contributed by atoms with Crippen LogP contribution in [0.2, 0.25) is 0 Å². The molecule has 0 saturated heterocycles. The summed E-state index contributed by atoms with van der Waals surface area (Å²) < 4.78 is 29.5. The van der Waals surface area contributed by atoms with Gasteiger partial charge >= 0.3 is 7.60 Å². The maximum Gasteiger partial charge on any atom is 0.335 e. The van der Waals surface area contributed by atoms with E-state index in [1.165, 1.54) is 0 Å². The molecule has 1 aromatic heterocycles. The van der Waals surface area contributed by atoms with Gasteiger partial charge in [0.15, 0.2) is 0 Å². The Morgan fingerprint density at radius 2 is 1.45 bits per heavy atom. The number of hydrogen-bond acceptors (Lipinski definition) is 5. The highest BCUT2D eigenvalue weighted by molar-refractivity contribution is 7.53. The highest BCUT2D eigenvalue weighted by atomic mass is 31.2. The van der Waals surface area contributed by atoms with Gasteiger partial charge in [0.2, 0.25) is 0 Å². The van der Waals surface area contributed by atoms with E-state index in [0.717, 1.165) is 42.3 Å². The predicted octanol–water partition coefficient (Wildman–Crippen LogP) is 4.50. The summed E-state index contributed by atoms with van der Waals surface area (Å²) in [6.07, 6.45) is 0.272. The van der Waals surface area contributed by atoms with Crippen LogP contribution >= 0.6 is 7.60 Å². The molecule has 0 unspecified atom stereocenters. The number of aryl methyl sites for hydroxylation is 2. The van der Waals surface area contributed by atoms with Crippen LogP contribution in [-0.4, -0.2) is 31.2 Å². The molecule has 0 aliphatic carbocycles. The maximum atomic E-state index is 12.8. The molecule has 0 N–H and O–H groups in total. The van der Waals surface area contributed by atoms with Crippen molar-refractivity contribution < 1.29 is 18.0 Å². The van der Waals surface area contributed by atoms with E-state index in [1.807, 2.05) is 27.7 Å². The van der Waals surface area contributed by atoms with Crippen LogP contribution in [0.25, 0.3) is 0 Å². The second kappa shape index (κ2) is 8.88. The number of furan rings is 1. The molecular weight excluding hydrogens is 301 g/mol. The van der Waals surface area contributed by atoms with E-state index < -0.39 is 7.60 Å². The Kier molecular flexibility index (Phi) is 7.84. The van der Waals surface area contributed by atoms with Crippen LogP contribution in [0, 0.1) is 13.8 Å². The molecule has 1 rings (SSSR count). The largest absolute Gasteiger partial charge is 0.466 e. The molecule has 0 fully saturated rings. The van der Waals surface area contributed by atoms with Crippen LogP contribution in [0.15, 0.2) is 4.42 Å². The van der Waals surface area contributed by atoms with E-state index in [2.05, 4.69) is 18.7 Å². The van der Waals surface area contributed by atoms with Crippen molar-refractivity contribution in [2.45, 2.75) is 54.2 Å². The third-order valence-corrected chi connectivity index (χ3v) is 5.81. The maximum absolute atomic E-state index is 12.8. The van der Waals surface area contributed by atoms with Gasteiger partial charge in [0.05, 0.1) is 19.4 Å². The summed E-state index contributed by atoms with van der Waals surface area (Å²) in [6.45, 7) is 15.3. The van der Waals surface area contributed by atoms with Crippen molar-refractivity contribution in [1.29, 1.82) is 0 Å². The van der Waals surface area contributed by atoms with E-state index in [-0.39, 0.29) is 6.16 Å². The summed E-state index contributed by atoms with van der Waals surface area (Å²) in [5.74, 6) is 1.69. The molecule has 0 atom stereocenters. The molecule has 6 heteroatoms. The van der Waals surface area contributed by atoms with Crippen molar-refractivity contribution in [2.24, 2.45) is 0 Å². The summed E-state index contributed by atoms with van der Waals surface area (Å²) in [4.78, 5) is 2.31. The van der Waals surface area contributed by atoms with Gasteiger partial charge in [-0.15, -0.1) is 0 Å². The second-order valence-electron chi connectivity index (χ2n) is 5.24. The summed E-state index contributed by atoms with van der Waals surface area (Å²) in [5, 5.41) is 0. The van der Waals surface area contributed by atoms with Crippen molar-refractivity contribution in [2.75, 3.05) is 26.3 Å². The summed E-state index contributed by atoms with van der Waals surface area (Å²) in [6, 6.07) is 0. The van der Waals surface area contributed by atoms with E-state index in [1.54, 1.807) is 0 Å². The second-order valence-corrected chi connectivity index (χ2v) is 7.29. The van der Waals surface area contributed by atoms with Gasteiger partial charge in [0.25, 0.3) is 0 Å². The van der Waals surface area contributed by atoms with Gasteiger partial charge in [-0.05, 0) is 40.8 Å². The molecule has 0 radical (unpaired) electrons. The van der Waals surface area contributed by atoms with Crippen LogP contribution in [0.3, 0.4) is 0 Å². The SMILES string of the molecule is CCOP(=O)(Cc1c(C)oc(C)c1CN(CC)CC)OCC. The van der Waals surface area contributed by atoms with Crippen LogP contribution in [0.1, 0.15) is 50.3 Å². The quantitative estimate of drug-likeness (QED) is 0.591. The first-order valence-corrected chi connectivity index (χ1v) is 9.81. The van der Waals surface area contributed by atoms with Gasteiger partial charge in [-0.25, -0.2) is 0 Å². The van der Waals surface area contributed by atoms with E-state index in [4.69, 9.17) is 13.5 Å². The third kappa shape index (κ3) is 4.95. The van der Waals surface area contributed by atoms with Gasteiger partial charge in [0.1, 0.15) is 11.5 Å². The minimum Gasteiger partial charge on any atom is -0.466 e. The Morgan fingerprint density at radius 3 is 1.91 bits per heavy atom. The Bertz CT molecular complexity index is 498.